The first-order valence-electron chi connectivity index (χ1n) is 41.8. The van der Waals surface area contributed by atoms with Crippen molar-refractivity contribution in [3.63, 3.8) is 0 Å². The normalized spacial score (nSPS) is 14.4. The number of unbranched alkanes of at least 4 members (excludes halogenated alkanes) is 32. The summed E-state index contributed by atoms with van der Waals surface area (Å²) in [6, 6.07) is 0. The maximum atomic E-state index is 13.1. The van der Waals surface area contributed by atoms with E-state index in [9.17, 15) is 43.2 Å². The van der Waals surface area contributed by atoms with E-state index in [0.717, 1.165) is 193 Å². The van der Waals surface area contributed by atoms with Crippen LogP contribution in [0.4, 0.5) is 0 Å². The minimum atomic E-state index is -4.99. The molecule has 0 saturated carbocycles. The van der Waals surface area contributed by atoms with Gasteiger partial charge in [0, 0.05) is 25.7 Å². The van der Waals surface area contributed by atoms with Gasteiger partial charge in [-0.1, -0.05) is 290 Å². The van der Waals surface area contributed by atoms with Crippen LogP contribution in [0.3, 0.4) is 0 Å². The molecule has 5 atom stereocenters. The summed E-state index contributed by atoms with van der Waals surface area (Å²) >= 11 is 0. The lowest BCUT2D eigenvalue weighted by atomic mass is 10.1. The summed E-state index contributed by atoms with van der Waals surface area (Å²) in [7, 11) is -9.98. The second-order valence-electron chi connectivity index (χ2n) is 27.6. The molecule has 17 nitrogen and oxygen atoms in total. The first-order valence-corrected chi connectivity index (χ1v) is 44.8. The molecule has 19 heteroatoms. The number of carbonyl (C=O) groups is 4. The van der Waals surface area contributed by atoms with Gasteiger partial charge in [-0.2, -0.15) is 0 Å². The van der Waals surface area contributed by atoms with Gasteiger partial charge in [0.2, 0.25) is 0 Å². The van der Waals surface area contributed by atoms with E-state index in [0.29, 0.717) is 25.7 Å². The monoisotopic (exact) mass is 1530 g/mol. The van der Waals surface area contributed by atoms with Crippen molar-refractivity contribution in [3.05, 3.63) is 122 Å². The first kappa shape index (κ1) is 101. The van der Waals surface area contributed by atoms with Crippen molar-refractivity contribution in [2.75, 3.05) is 39.6 Å². The highest BCUT2D eigenvalue weighted by Gasteiger charge is 2.30. The molecule has 0 aromatic rings. The van der Waals surface area contributed by atoms with Crippen LogP contribution in [-0.4, -0.2) is 96.7 Å². The smallest absolute Gasteiger partial charge is 0.462 e. The number of rotatable bonds is 78. The molecular weight excluding hydrogens is 1380 g/mol. The van der Waals surface area contributed by atoms with Crippen molar-refractivity contribution in [1.29, 1.82) is 0 Å². The lowest BCUT2D eigenvalue weighted by Gasteiger charge is -2.21. The van der Waals surface area contributed by atoms with Gasteiger partial charge in [-0.15, -0.1) is 0 Å². The van der Waals surface area contributed by atoms with Crippen molar-refractivity contribution in [2.24, 2.45) is 0 Å². The largest absolute Gasteiger partial charge is 0.472 e. The molecule has 0 aromatic carbocycles. The Bertz CT molecular complexity index is 2480. The Hall–Kier alpha value is -4.54. The summed E-state index contributed by atoms with van der Waals surface area (Å²) in [5.74, 6) is -2.22. The predicted octanol–water partition coefficient (Wildman–Crippen LogP) is 24.7. The second kappa shape index (κ2) is 78.6. The van der Waals surface area contributed by atoms with Crippen molar-refractivity contribution < 1.29 is 80.2 Å². The first-order chi connectivity index (χ1) is 51.7. The molecule has 0 aliphatic carbocycles. The van der Waals surface area contributed by atoms with Crippen LogP contribution < -0.4 is 0 Å². The molecule has 0 radical (unpaired) electrons. The van der Waals surface area contributed by atoms with E-state index < -0.39 is 97.5 Å². The summed E-state index contributed by atoms with van der Waals surface area (Å²) < 4.78 is 68.7. The Balaban J connectivity index is 5.41. The van der Waals surface area contributed by atoms with Crippen LogP contribution in [-0.2, 0) is 65.4 Å². The second-order valence-corrected chi connectivity index (χ2v) is 30.6. The molecule has 0 heterocycles. The fourth-order valence-corrected chi connectivity index (χ4v) is 12.7. The molecule has 0 amide bonds. The van der Waals surface area contributed by atoms with Crippen LogP contribution in [0.2, 0.25) is 0 Å². The highest BCUT2D eigenvalue weighted by atomic mass is 31.2. The Morgan fingerprint density at radius 3 is 0.764 bits per heavy atom. The van der Waals surface area contributed by atoms with Gasteiger partial charge in [-0.05, 0) is 154 Å². The SMILES string of the molecule is CC/C=C\C/C=C\C/C=C\C/C=C\CCCCCCCCC(=O)OCC(COP(=O)(O)OCC(O)COP(=O)(O)OCC(COC(=O)CCCCCCC/C=C\CCCCCCCC)OC(=O)CCCCCCC/C=C\CCCCCCCC)OC(=O)CCCCCC/C=C\C/C=C\C/C=C\C/C=C\CC. The van der Waals surface area contributed by atoms with Crippen LogP contribution in [0.1, 0.15) is 349 Å². The number of aliphatic hydroxyl groups is 1. The fraction of sp³-hybridized carbons (Fsp3) is 0.724. The topological polar surface area (TPSA) is 237 Å². The molecule has 0 spiro atoms. The third-order valence-electron chi connectivity index (χ3n) is 17.4. The van der Waals surface area contributed by atoms with E-state index in [1.807, 2.05) is 0 Å². The minimum absolute atomic E-state index is 0.0610. The zero-order valence-corrected chi connectivity index (χ0v) is 68.6. The van der Waals surface area contributed by atoms with Gasteiger partial charge in [0.25, 0.3) is 0 Å². The Morgan fingerprint density at radius 2 is 0.491 bits per heavy atom. The molecule has 0 saturated heterocycles. The van der Waals surface area contributed by atoms with E-state index in [4.69, 9.17) is 37.0 Å². The summed E-state index contributed by atoms with van der Waals surface area (Å²) in [5, 5.41) is 10.7. The molecule has 0 fully saturated rings. The number of ether oxygens (including phenoxy) is 4. The van der Waals surface area contributed by atoms with E-state index in [1.165, 1.54) is 77.0 Å². The number of phosphoric ester groups is 2. The lowest BCUT2D eigenvalue weighted by molar-refractivity contribution is -0.161. The van der Waals surface area contributed by atoms with Crippen molar-refractivity contribution in [1.82, 2.24) is 0 Å². The fourth-order valence-electron chi connectivity index (χ4n) is 11.1. The molecule has 0 aromatic heterocycles. The summed E-state index contributed by atoms with van der Waals surface area (Å²) in [6.07, 6.45) is 87.3. The van der Waals surface area contributed by atoms with Crippen LogP contribution >= 0.6 is 15.6 Å². The van der Waals surface area contributed by atoms with Crippen molar-refractivity contribution in [2.45, 2.75) is 367 Å². The third kappa shape index (κ3) is 77.6. The Labute approximate surface area is 644 Å². The number of aliphatic hydroxyl groups excluding tert-OH is 1. The summed E-state index contributed by atoms with van der Waals surface area (Å²) in [5.41, 5.74) is 0. The molecular formula is C87H150O17P2. The number of esters is 4. The summed E-state index contributed by atoms with van der Waals surface area (Å²) in [4.78, 5) is 73.2. The number of carbonyl (C=O) groups excluding carboxylic acids is 4. The molecule has 0 aliphatic heterocycles. The standard InChI is InChI=1S/C87H150O17P2/c1-5-9-13-17-21-25-29-33-37-39-40-42-45-48-52-56-60-64-68-72-85(90)98-78-83(104-87(92)74-70-66-62-58-54-50-46-41-38-34-30-26-22-18-14-10-6-2)80-102-106(95,96)100-76-81(88)75-99-105(93,94)101-79-82(103-86(91)73-69-65-61-57-53-49-44-36-32-28-24-20-16-12-8-4)77-97-84(89)71-67-63-59-55-51-47-43-35-31-27-23-19-15-11-7-3/h9-10,13-14,21-22,25-26,33-38,40,42-44,46,50,81-83,88H,5-8,11-12,15-20,23-24,27-32,39,41,45,47-49,51-80H2,1-4H3,(H,93,94)(H,95,96)/b13-9-,14-10-,25-21-,26-22-,37-33-,38-34-,42-40-,43-35-,44-36-,50-46-. The molecule has 3 N–H and O–H groups in total. The zero-order chi connectivity index (χ0) is 77.4. The minimum Gasteiger partial charge on any atom is -0.462 e. The molecule has 5 unspecified atom stereocenters. The van der Waals surface area contributed by atoms with Crippen molar-refractivity contribution >= 4 is 39.5 Å². The molecule has 0 aliphatic rings. The van der Waals surface area contributed by atoms with Gasteiger partial charge in [-0.3, -0.25) is 37.3 Å². The average molecular weight is 1530 g/mol. The van der Waals surface area contributed by atoms with Crippen molar-refractivity contribution in [3.8, 4) is 0 Å². The maximum Gasteiger partial charge on any atom is 0.472 e. The van der Waals surface area contributed by atoms with Gasteiger partial charge < -0.3 is 33.8 Å². The Kier molecular flexibility index (Phi) is 75.2. The average Bonchev–Trinajstić information content (AvgIpc) is 0.902. The molecule has 106 heavy (non-hydrogen) atoms. The van der Waals surface area contributed by atoms with E-state index >= 15 is 0 Å². The van der Waals surface area contributed by atoms with Crippen LogP contribution in [0.5, 0.6) is 0 Å². The molecule has 0 bridgehead atoms. The third-order valence-corrected chi connectivity index (χ3v) is 19.3. The highest BCUT2D eigenvalue weighted by molar-refractivity contribution is 7.47. The van der Waals surface area contributed by atoms with Crippen LogP contribution in [0.15, 0.2) is 122 Å². The van der Waals surface area contributed by atoms with Crippen LogP contribution in [0, 0.1) is 0 Å². The number of phosphoric acid groups is 2. The van der Waals surface area contributed by atoms with Gasteiger partial charge in [0.1, 0.15) is 19.3 Å². The quantitative estimate of drug-likeness (QED) is 0.0169. The van der Waals surface area contributed by atoms with Gasteiger partial charge in [0.15, 0.2) is 12.2 Å². The number of hydrogen-bond donors (Lipinski definition) is 3. The number of allylic oxidation sites excluding steroid dienone is 20. The van der Waals surface area contributed by atoms with Gasteiger partial charge in [0.05, 0.1) is 26.4 Å². The predicted molar refractivity (Wildman–Crippen MR) is 436 cm³/mol. The van der Waals surface area contributed by atoms with E-state index in [1.54, 1.807) is 0 Å². The van der Waals surface area contributed by atoms with Gasteiger partial charge >= 0.3 is 39.5 Å². The Morgan fingerprint density at radius 1 is 0.274 bits per heavy atom. The highest BCUT2D eigenvalue weighted by Crippen LogP contribution is 2.45. The number of hydrogen-bond acceptors (Lipinski definition) is 15. The zero-order valence-electron chi connectivity index (χ0n) is 66.8. The molecule has 610 valence electrons. The molecule has 0 rings (SSSR count). The van der Waals surface area contributed by atoms with E-state index in [2.05, 4.69) is 149 Å². The van der Waals surface area contributed by atoms with Crippen LogP contribution in [0.25, 0.3) is 0 Å². The lowest BCUT2D eigenvalue weighted by Crippen LogP contribution is -2.30. The van der Waals surface area contributed by atoms with E-state index in [-0.39, 0.29) is 25.7 Å². The summed E-state index contributed by atoms with van der Waals surface area (Å²) in [6.45, 7) is 4.62. The van der Waals surface area contributed by atoms with Gasteiger partial charge in [-0.25, -0.2) is 9.13 Å². The maximum absolute atomic E-state index is 13.1.